The summed E-state index contributed by atoms with van der Waals surface area (Å²) in [5, 5.41) is 17.3. The van der Waals surface area contributed by atoms with Gasteiger partial charge in [-0.1, -0.05) is 0 Å². The minimum atomic E-state index is -1.36. The molecule has 0 radical (unpaired) electrons. The van der Waals surface area contributed by atoms with Crippen LogP contribution in [0.25, 0.3) is 0 Å². The number of ketones is 1. The van der Waals surface area contributed by atoms with Gasteiger partial charge in [0.05, 0.1) is 6.10 Å². The number of Topliss-reactive ketones (excluding diaryl/α,β-unsaturated/α-hetero) is 1. The van der Waals surface area contributed by atoms with E-state index < -0.39 is 24.0 Å². The lowest BCUT2D eigenvalue weighted by molar-refractivity contribution is -0.158. The third kappa shape index (κ3) is 4.05. The van der Waals surface area contributed by atoms with Crippen LogP contribution in [0.4, 0.5) is 0 Å². The summed E-state index contributed by atoms with van der Waals surface area (Å²) in [7, 11) is 0. The summed E-state index contributed by atoms with van der Waals surface area (Å²) in [4.78, 5) is 21.3. The van der Waals surface area contributed by atoms with E-state index in [0.717, 1.165) is 0 Å². The normalized spacial score (nSPS) is 15.0. The molecule has 0 amide bonds. The lowest BCUT2D eigenvalue weighted by Crippen LogP contribution is -2.29. The molecule has 5 heteroatoms. The van der Waals surface area contributed by atoms with E-state index in [2.05, 4.69) is 4.74 Å². The largest absolute Gasteiger partial charge is 0.457 e. The number of aliphatic hydroxyl groups is 2. The average Bonchev–Trinajstić information content (AvgIpc) is 1.98. The minimum absolute atomic E-state index is 0.239. The van der Waals surface area contributed by atoms with Crippen molar-refractivity contribution in [3.63, 3.8) is 0 Å². The highest BCUT2D eigenvalue weighted by Gasteiger charge is 2.20. The van der Waals surface area contributed by atoms with Gasteiger partial charge >= 0.3 is 5.97 Å². The smallest absolute Gasteiger partial charge is 0.377 e. The van der Waals surface area contributed by atoms with E-state index in [0.29, 0.717) is 0 Å². The van der Waals surface area contributed by atoms with Gasteiger partial charge in [-0.15, -0.1) is 0 Å². The van der Waals surface area contributed by atoms with E-state index >= 15 is 0 Å². The highest BCUT2D eigenvalue weighted by molar-refractivity contribution is 6.35. The molecule has 0 aromatic carbocycles. The molecule has 0 aromatic rings. The first-order valence-corrected chi connectivity index (χ1v) is 3.52. The van der Waals surface area contributed by atoms with Crippen LogP contribution in [0.3, 0.4) is 0 Å². The summed E-state index contributed by atoms with van der Waals surface area (Å²) in [5.41, 5.74) is 0. The molecule has 0 fully saturated rings. The van der Waals surface area contributed by atoms with E-state index in [9.17, 15) is 9.59 Å². The van der Waals surface area contributed by atoms with Gasteiger partial charge in [-0.2, -0.15) is 0 Å². The van der Waals surface area contributed by atoms with Crippen LogP contribution in [0, 0.1) is 0 Å². The number of ether oxygens (including phenoxy) is 1. The second-order valence-corrected chi connectivity index (χ2v) is 2.49. The van der Waals surface area contributed by atoms with Gasteiger partial charge in [0, 0.05) is 0 Å². The Hall–Kier alpha value is -0.940. The molecule has 0 aliphatic rings. The van der Waals surface area contributed by atoms with Crippen LogP contribution in [0.15, 0.2) is 0 Å². The molecule has 0 aromatic heterocycles. The quantitative estimate of drug-likeness (QED) is 0.418. The van der Waals surface area contributed by atoms with Crippen molar-refractivity contribution >= 4 is 11.8 Å². The van der Waals surface area contributed by atoms with Gasteiger partial charge in [0.2, 0.25) is 0 Å². The molecule has 0 saturated heterocycles. The van der Waals surface area contributed by atoms with Crippen molar-refractivity contribution < 1.29 is 24.5 Å². The molecule has 5 nitrogen and oxygen atoms in total. The van der Waals surface area contributed by atoms with Crippen molar-refractivity contribution in [2.24, 2.45) is 0 Å². The molecule has 0 unspecified atom stereocenters. The van der Waals surface area contributed by atoms with Crippen LogP contribution in [0.5, 0.6) is 0 Å². The highest BCUT2D eigenvalue weighted by atomic mass is 16.5. The second-order valence-electron chi connectivity index (χ2n) is 2.49. The van der Waals surface area contributed by atoms with E-state index in [1.807, 2.05) is 0 Å². The molecule has 0 spiro atoms. The van der Waals surface area contributed by atoms with Gasteiger partial charge in [-0.25, -0.2) is 4.79 Å². The minimum Gasteiger partial charge on any atom is -0.457 e. The predicted octanol–water partition coefficient (Wildman–Crippen LogP) is -1.14. The van der Waals surface area contributed by atoms with Gasteiger partial charge in [0.1, 0.15) is 12.7 Å². The molecular formula is C7H12O5. The van der Waals surface area contributed by atoms with Gasteiger partial charge in [0.25, 0.3) is 5.78 Å². The van der Waals surface area contributed by atoms with Crippen LogP contribution in [0.2, 0.25) is 0 Å². The molecule has 0 heterocycles. The highest BCUT2D eigenvalue weighted by Crippen LogP contribution is 1.90. The van der Waals surface area contributed by atoms with Crippen molar-refractivity contribution in [1.29, 1.82) is 0 Å². The summed E-state index contributed by atoms with van der Waals surface area (Å²) in [6.07, 6.45) is -2.16. The molecule has 0 saturated carbocycles. The molecule has 12 heavy (non-hydrogen) atoms. The van der Waals surface area contributed by atoms with E-state index in [1.165, 1.54) is 13.8 Å². The molecule has 0 bridgehead atoms. The maximum absolute atomic E-state index is 10.6. The van der Waals surface area contributed by atoms with E-state index in [1.54, 1.807) is 0 Å². The Kier molecular flexibility index (Phi) is 4.46. The fraction of sp³-hybridized carbons (Fsp3) is 0.714. The van der Waals surface area contributed by atoms with Crippen LogP contribution in [-0.2, 0) is 14.3 Å². The Labute approximate surface area is 70.0 Å². The fourth-order valence-electron chi connectivity index (χ4n) is 0.438. The maximum Gasteiger partial charge on any atom is 0.377 e. The zero-order chi connectivity index (χ0) is 9.72. The predicted molar refractivity (Wildman–Crippen MR) is 39.3 cm³/mol. The Balaban J connectivity index is 3.81. The standard InChI is InChI=1S/C7H12O5/c1-4(8)3-12-7(11)6(10)5(2)9/h4-5,8-9H,3H2,1-2H3/t4-,5+/m0/s1. The maximum atomic E-state index is 10.6. The summed E-state index contributed by atoms with van der Waals surface area (Å²) < 4.78 is 4.33. The Bertz CT molecular complexity index is 173. The summed E-state index contributed by atoms with van der Waals surface area (Å²) in [5.74, 6) is -2.12. The molecule has 0 rings (SSSR count). The Morgan fingerprint density at radius 3 is 2.17 bits per heavy atom. The summed E-state index contributed by atoms with van der Waals surface area (Å²) >= 11 is 0. The second kappa shape index (κ2) is 4.84. The monoisotopic (exact) mass is 176 g/mol. The zero-order valence-electron chi connectivity index (χ0n) is 6.98. The first-order chi connectivity index (χ1) is 5.45. The Morgan fingerprint density at radius 1 is 1.33 bits per heavy atom. The third-order valence-electron chi connectivity index (χ3n) is 1.04. The number of carbonyl (C=O) groups is 2. The van der Waals surface area contributed by atoms with Crippen LogP contribution >= 0.6 is 0 Å². The van der Waals surface area contributed by atoms with Crippen LogP contribution in [0.1, 0.15) is 13.8 Å². The van der Waals surface area contributed by atoms with Crippen molar-refractivity contribution in [2.45, 2.75) is 26.1 Å². The topological polar surface area (TPSA) is 83.8 Å². The first kappa shape index (κ1) is 11.1. The molecular weight excluding hydrogens is 164 g/mol. The summed E-state index contributed by atoms with van der Waals surface area (Å²) in [6.45, 7) is 2.35. The first-order valence-electron chi connectivity index (χ1n) is 3.52. The molecule has 0 aliphatic carbocycles. The fourth-order valence-corrected chi connectivity index (χ4v) is 0.438. The lowest BCUT2D eigenvalue weighted by atomic mass is 10.3. The van der Waals surface area contributed by atoms with Crippen molar-refractivity contribution in [3.05, 3.63) is 0 Å². The molecule has 70 valence electrons. The van der Waals surface area contributed by atoms with Crippen molar-refractivity contribution in [2.75, 3.05) is 6.61 Å². The Morgan fingerprint density at radius 2 is 1.83 bits per heavy atom. The molecule has 2 atom stereocenters. The van der Waals surface area contributed by atoms with Crippen LogP contribution in [-0.4, -0.2) is 40.8 Å². The number of carbonyl (C=O) groups excluding carboxylic acids is 2. The SMILES string of the molecule is C[C@H](O)COC(=O)C(=O)[C@@H](C)O. The zero-order valence-corrected chi connectivity index (χ0v) is 6.98. The van der Waals surface area contributed by atoms with Gasteiger partial charge < -0.3 is 14.9 Å². The molecule has 0 aliphatic heterocycles. The van der Waals surface area contributed by atoms with Crippen LogP contribution < -0.4 is 0 Å². The van der Waals surface area contributed by atoms with E-state index in [4.69, 9.17) is 10.2 Å². The van der Waals surface area contributed by atoms with Gasteiger partial charge in [-0.3, -0.25) is 4.79 Å². The number of hydrogen-bond donors (Lipinski definition) is 2. The summed E-state index contributed by atoms with van der Waals surface area (Å²) in [6, 6.07) is 0. The number of rotatable bonds is 4. The van der Waals surface area contributed by atoms with Gasteiger partial charge in [-0.05, 0) is 13.8 Å². The van der Waals surface area contributed by atoms with Crippen molar-refractivity contribution in [3.8, 4) is 0 Å². The molecule has 2 N–H and O–H groups in total. The number of esters is 1. The lowest BCUT2D eigenvalue weighted by Gasteiger charge is -2.06. The number of aliphatic hydroxyl groups excluding tert-OH is 2. The number of hydrogen-bond acceptors (Lipinski definition) is 5. The average molecular weight is 176 g/mol. The van der Waals surface area contributed by atoms with Gasteiger partial charge in [0.15, 0.2) is 0 Å². The van der Waals surface area contributed by atoms with Crippen molar-refractivity contribution in [1.82, 2.24) is 0 Å². The van der Waals surface area contributed by atoms with E-state index in [-0.39, 0.29) is 6.61 Å². The third-order valence-corrected chi connectivity index (χ3v) is 1.04.